The number of Topliss-reactive ketones (excluding diaryl/α,β-unsaturated/α-hetero) is 1. The topological polar surface area (TPSA) is 17.1 Å². The maximum Gasteiger partial charge on any atom is 0.133 e. The summed E-state index contributed by atoms with van der Waals surface area (Å²) in [6.07, 6.45) is 11.1. The van der Waals surface area contributed by atoms with E-state index in [2.05, 4.69) is 20.8 Å². The van der Waals surface area contributed by atoms with Gasteiger partial charge in [0.05, 0.1) is 0 Å². The SMILES string of the molecule is CC1(C)CCC2=C1CC[C@@H]1[C@@H]2CC[C@@H]2CC(=O)CC[C@@]21C. The van der Waals surface area contributed by atoms with Crippen LogP contribution in [0, 0.1) is 28.6 Å². The van der Waals surface area contributed by atoms with Crippen LogP contribution in [0.4, 0.5) is 0 Å². The van der Waals surface area contributed by atoms with E-state index in [0.717, 1.165) is 24.7 Å². The van der Waals surface area contributed by atoms with Crippen molar-refractivity contribution in [3.63, 3.8) is 0 Å². The van der Waals surface area contributed by atoms with Gasteiger partial charge in [0.2, 0.25) is 0 Å². The van der Waals surface area contributed by atoms with Crippen LogP contribution < -0.4 is 0 Å². The van der Waals surface area contributed by atoms with Gasteiger partial charge in [-0.15, -0.1) is 0 Å². The lowest BCUT2D eigenvalue weighted by atomic mass is 9.49. The van der Waals surface area contributed by atoms with E-state index in [4.69, 9.17) is 0 Å². The molecule has 0 bridgehead atoms. The van der Waals surface area contributed by atoms with Gasteiger partial charge in [-0.2, -0.15) is 0 Å². The summed E-state index contributed by atoms with van der Waals surface area (Å²) in [4.78, 5) is 11.9. The number of rotatable bonds is 0. The van der Waals surface area contributed by atoms with Gasteiger partial charge in [-0.1, -0.05) is 31.9 Å². The molecule has 0 N–H and O–H groups in total. The monoisotopic (exact) mass is 286 g/mol. The molecule has 1 nitrogen and oxygen atoms in total. The first-order valence-corrected chi connectivity index (χ1v) is 9.16. The Morgan fingerprint density at radius 3 is 2.57 bits per heavy atom. The van der Waals surface area contributed by atoms with E-state index in [1.54, 1.807) is 0 Å². The van der Waals surface area contributed by atoms with Crippen LogP contribution in [0.15, 0.2) is 11.1 Å². The van der Waals surface area contributed by atoms with E-state index in [1.165, 1.54) is 44.9 Å². The van der Waals surface area contributed by atoms with Crippen molar-refractivity contribution >= 4 is 5.78 Å². The first-order chi connectivity index (χ1) is 9.92. The van der Waals surface area contributed by atoms with Crippen molar-refractivity contribution in [1.82, 2.24) is 0 Å². The van der Waals surface area contributed by atoms with Gasteiger partial charge in [0.25, 0.3) is 0 Å². The molecule has 0 spiro atoms. The molecule has 0 aliphatic heterocycles. The third-order valence-electron chi connectivity index (χ3n) is 7.88. The molecule has 2 fully saturated rings. The number of carbonyl (C=O) groups excluding carboxylic acids is 1. The van der Waals surface area contributed by atoms with Crippen molar-refractivity contribution < 1.29 is 4.79 Å². The van der Waals surface area contributed by atoms with Gasteiger partial charge in [-0.05, 0) is 73.5 Å². The molecule has 0 heterocycles. The molecule has 4 aliphatic carbocycles. The summed E-state index contributed by atoms with van der Waals surface area (Å²) >= 11 is 0. The minimum atomic E-state index is 0.460. The van der Waals surface area contributed by atoms with E-state index in [1.807, 2.05) is 11.1 Å². The highest BCUT2D eigenvalue weighted by Crippen LogP contribution is 2.63. The fourth-order valence-corrected chi connectivity index (χ4v) is 6.52. The molecule has 0 saturated heterocycles. The fourth-order valence-electron chi connectivity index (χ4n) is 6.52. The summed E-state index contributed by atoms with van der Waals surface area (Å²) in [5, 5.41) is 0. The average Bonchev–Trinajstić information content (AvgIpc) is 2.76. The van der Waals surface area contributed by atoms with Crippen LogP contribution >= 0.6 is 0 Å². The van der Waals surface area contributed by atoms with Gasteiger partial charge in [0.15, 0.2) is 0 Å². The highest BCUT2D eigenvalue weighted by atomic mass is 16.1. The van der Waals surface area contributed by atoms with Crippen LogP contribution in [-0.2, 0) is 4.79 Å². The molecule has 0 radical (unpaired) electrons. The van der Waals surface area contributed by atoms with Gasteiger partial charge < -0.3 is 0 Å². The van der Waals surface area contributed by atoms with Crippen LogP contribution in [0.2, 0.25) is 0 Å². The summed E-state index contributed by atoms with van der Waals surface area (Å²) < 4.78 is 0. The lowest BCUT2D eigenvalue weighted by Gasteiger charge is -2.55. The molecule has 0 unspecified atom stereocenters. The van der Waals surface area contributed by atoms with Crippen LogP contribution in [0.5, 0.6) is 0 Å². The first-order valence-electron chi connectivity index (χ1n) is 9.16. The summed E-state index contributed by atoms with van der Waals surface area (Å²) in [7, 11) is 0. The lowest BCUT2D eigenvalue weighted by molar-refractivity contribution is -0.129. The Bertz CT molecular complexity index is 512. The maximum absolute atomic E-state index is 11.9. The number of hydrogen-bond donors (Lipinski definition) is 0. The zero-order valence-corrected chi connectivity index (χ0v) is 14.0. The zero-order chi connectivity index (χ0) is 14.8. The van der Waals surface area contributed by atoms with E-state index >= 15 is 0 Å². The van der Waals surface area contributed by atoms with Gasteiger partial charge in [0, 0.05) is 12.8 Å². The lowest BCUT2D eigenvalue weighted by Crippen LogP contribution is -2.48. The molecule has 2 saturated carbocycles. The Morgan fingerprint density at radius 1 is 0.952 bits per heavy atom. The molecular formula is C20H30O. The molecule has 0 aromatic carbocycles. The summed E-state index contributed by atoms with van der Waals surface area (Å²) in [6, 6.07) is 0. The highest BCUT2D eigenvalue weighted by Gasteiger charge is 2.53. The molecule has 116 valence electrons. The second-order valence-electron chi connectivity index (χ2n) is 9.16. The van der Waals surface area contributed by atoms with Crippen molar-refractivity contribution in [2.24, 2.45) is 28.6 Å². The molecule has 1 heteroatoms. The number of allylic oxidation sites excluding steroid dienone is 2. The van der Waals surface area contributed by atoms with Crippen LogP contribution in [0.1, 0.15) is 78.6 Å². The summed E-state index contributed by atoms with van der Waals surface area (Å²) in [5.74, 6) is 2.96. The van der Waals surface area contributed by atoms with Gasteiger partial charge in [-0.3, -0.25) is 4.79 Å². The first kappa shape index (κ1) is 14.0. The Balaban J connectivity index is 1.68. The van der Waals surface area contributed by atoms with Gasteiger partial charge >= 0.3 is 0 Å². The van der Waals surface area contributed by atoms with Crippen molar-refractivity contribution in [3.8, 4) is 0 Å². The fraction of sp³-hybridized carbons (Fsp3) is 0.850. The van der Waals surface area contributed by atoms with Crippen LogP contribution in [-0.4, -0.2) is 5.78 Å². The predicted molar refractivity (Wildman–Crippen MR) is 85.9 cm³/mol. The number of fused-ring (bicyclic) bond motifs is 4. The quantitative estimate of drug-likeness (QED) is 0.552. The number of carbonyl (C=O) groups is 1. The minimum absolute atomic E-state index is 0.460. The summed E-state index contributed by atoms with van der Waals surface area (Å²) in [5.41, 5.74) is 4.63. The van der Waals surface area contributed by atoms with Gasteiger partial charge in [0.1, 0.15) is 5.78 Å². The van der Waals surface area contributed by atoms with Crippen LogP contribution in [0.3, 0.4) is 0 Å². The standard InChI is InChI=1S/C20H30O/c1-19(2)10-9-16-15-5-4-13-12-14(21)8-11-20(13,3)18(15)7-6-17(16)19/h13,15,18H,4-12H2,1-3H3/t13-,15-,18-,20+/m1/s1. The third kappa shape index (κ3) is 1.92. The third-order valence-corrected chi connectivity index (χ3v) is 7.88. The highest BCUT2D eigenvalue weighted by molar-refractivity contribution is 5.79. The summed E-state index contributed by atoms with van der Waals surface area (Å²) in [6.45, 7) is 7.46. The molecule has 0 aromatic heterocycles. The minimum Gasteiger partial charge on any atom is -0.300 e. The molecule has 4 aliphatic rings. The van der Waals surface area contributed by atoms with E-state index in [9.17, 15) is 4.79 Å². The Kier molecular flexibility index (Phi) is 2.98. The van der Waals surface area contributed by atoms with Crippen LogP contribution in [0.25, 0.3) is 0 Å². The molecule has 4 rings (SSSR count). The predicted octanol–water partition coefficient (Wildman–Crippen LogP) is 5.30. The van der Waals surface area contributed by atoms with Crippen molar-refractivity contribution in [2.45, 2.75) is 78.6 Å². The molecule has 0 aromatic rings. The van der Waals surface area contributed by atoms with E-state index in [-0.39, 0.29) is 0 Å². The normalized spacial score (nSPS) is 45.1. The largest absolute Gasteiger partial charge is 0.300 e. The Morgan fingerprint density at radius 2 is 1.76 bits per heavy atom. The van der Waals surface area contributed by atoms with Crippen molar-refractivity contribution in [3.05, 3.63) is 11.1 Å². The van der Waals surface area contributed by atoms with E-state index in [0.29, 0.717) is 22.5 Å². The van der Waals surface area contributed by atoms with E-state index < -0.39 is 0 Å². The Labute approximate surface area is 129 Å². The maximum atomic E-state index is 11.9. The smallest absolute Gasteiger partial charge is 0.133 e. The zero-order valence-electron chi connectivity index (χ0n) is 14.0. The number of ketones is 1. The molecule has 0 amide bonds. The number of hydrogen-bond acceptors (Lipinski definition) is 1. The molecule has 21 heavy (non-hydrogen) atoms. The van der Waals surface area contributed by atoms with Crippen molar-refractivity contribution in [1.29, 1.82) is 0 Å². The van der Waals surface area contributed by atoms with Gasteiger partial charge in [-0.25, -0.2) is 0 Å². The molecule has 4 atom stereocenters. The average molecular weight is 286 g/mol. The second kappa shape index (κ2) is 4.46. The second-order valence-corrected chi connectivity index (χ2v) is 9.16. The Hall–Kier alpha value is -0.590. The van der Waals surface area contributed by atoms with Crippen molar-refractivity contribution in [2.75, 3.05) is 0 Å². The molecular weight excluding hydrogens is 256 g/mol.